The summed E-state index contributed by atoms with van der Waals surface area (Å²) >= 11 is 0. The fourth-order valence-corrected chi connectivity index (χ4v) is 3.47. The number of hydrogen-bond acceptors (Lipinski definition) is 2. The second-order valence-corrected chi connectivity index (χ2v) is 6.38. The van der Waals surface area contributed by atoms with Gasteiger partial charge in [0.2, 0.25) is 0 Å². The van der Waals surface area contributed by atoms with E-state index in [-0.39, 0.29) is 6.03 Å². The van der Waals surface area contributed by atoms with Gasteiger partial charge in [0.15, 0.2) is 0 Å². The van der Waals surface area contributed by atoms with Crippen LogP contribution in [-0.2, 0) is 6.54 Å². The van der Waals surface area contributed by atoms with Gasteiger partial charge in [-0.15, -0.1) is 0 Å². The van der Waals surface area contributed by atoms with E-state index in [4.69, 9.17) is 0 Å². The highest BCUT2D eigenvalue weighted by Gasteiger charge is 2.54. The molecule has 2 N–H and O–H groups in total. The Morgan fingerprint density at radius 2 is 2.15 bits per heavy atom. The van der Waals surface area contributed by atoms with Gasteiger partial charge in [-0.3, -0.25) is 4.98 Å². The molecule has 2 saturated carbocycles. The van der Waals surface area contributed by atoms with Gasteiger partial charge < -0.3 is 10.6 Å². The maximum atomic E-state index is 11.9. The van der Waals surface area contributed by atoms with Crippen LogP contribution in [0.5, 0.6) is 0 Å². The van der Waals surface area contributed by atoms with Crippen molar-refractivity contribution in [1.82, 2.24) is 15.6 Å². The van der Waals surface area contributed by atoms with Gasteiger partial charge >= 0.3 is 6.03 Å². The van der Waals surface area contributed by atoms with Crippen molar-refractivity contribution in [1.29, 1.82) is 0 Å². The Labute approximate surface area is 120 Å². The lowest BCUT2D eigenvalue weighted by Crippen LogP contribution is -2.38. The molecule has 1 aromatic heterocycles. The molecule has 2 aliphatic carbocycles. The van der Waals surface area contributed by atoms with Crippen molar-refractivity contribution in [2.75, 3.05) is 0 Å². The van der Waals surface area contributed by atoms with Crippen molar-refractivity contribution in [3.8, 4) is 0 Å². The second kappa shape index (κ2) is 5.43. The third-order valence-electron chi connectivity index (χ3n) is 4.73. The van der Waals surface area contributed by atoms with E-state index in [1.807, 2.05) is 19.2 Å². The van der Waals surface area contributed by atoms with E-state index in [0.29, 0.717) is 18.0 Å². The first-order chi connectivity index (χ1) is 9.68. The third kappa shape index (κ3) is 2.94. The minimum absolute atomic E-state index is 0.0426. The molecule has 1 spiro atoms. The smallest absolute Gasteiger partial charge is 0.315 e. The molecule has 1 atom stereocenters. The Kier molecular flexibility index (Phi) is 3.64. The monoisotopic (exact) mass is 273 g/mol. The van der Waals surface area contributed by atoms with Crippen molar-refractivity contribution in [2.24, 2.45) is 5.41 Å². The molecule has 3 rings (SSSR count). The van der Waals surface area contributed by atoms with Crippen LogP contribution in [-0.4, -0.2) is 17.1 Å². The molecule has 0 unspecified atom stereocenters. The van der Waals surface area contributed by atoms with Gasteiger partial charge in [-0.05, 0) is 42.7 Å². The van der Waals surface area contributed by atoms with Gasteiger partial charge in [-0.1, -0.05) is 25.3 Å². The van der Waals surface area contributed by atoms with Gasteiger partial charge in [0.1, 0.15) is 0 Å². The lowest BCUT2D eigenvalue weighted by Gasteiger charge is -2.22. The quantitative estimate of drug-likeness (QED) is 0.889. The predicted octanol–water partition coefficient (Wildman–Crippen LogP) is 2.91. The summed E-state index contributed by atoms with van der Waals surface area (Å²) in [6.07, 6.45) is 11.4. The lowest BCUT2D eigenvalue weighted by molar-refractivity contribution is 0.235. The van der Waals surface area contributed by atoms with E-state index >= 15 is 0 Å². The van der Waals surface area contributed by atoms with Crippen LogP contribution in [0.2, 0.25) is 0 Å². The molecule has 0 saturated heterocycles. The van der Waals surface area contributed by atoms with Crippen molar-refractivity contribution in [3.63, 3.8) is 0 Å². The van der Waals surface area contributed by atoms with Crippen LogP contribution in [0.25, 0.3) is 0 Å². The molecule has 4 heteroatoms. The summed E-state index contributed by atoms with van der Waals surface area (Å²) in [6.45, 7) is 2.55. The molecule has 0 radical (unpaired) electrons. The standard InChI is InChI=1S/C16H23N3O/c1-12-7-13(10-17-9-12)11-18-15(20)19-14-8-16(14)5-3-2-4-6-16/h7,9-10,14H,2-6,8,11H2,1H3,(H2,18,19,20)/t14-/m0/s1. The minimum Gasteiger partial charge on any atom is -0.335 e. The first-order valence-corrected chi connectivity index (χ1v) is 7.63. The number of aromatic nitrogens is 1. The Morgan fingerprint density at radius 1 is 1.35 bits per heavy atom. The maximum Gasteiger partial charge on any atom is 0.315 e. The molecule has 1 heterocycles. The van der Waals surface area contributed by atoms with Gasteiger partial charge in [0, 0.05) is 25.0 Å². The van der Waals surface area contributed by atoms with Crippen LogP contribution >= 0.6 is 0 Å². The molecule has 2 fully saturated rings. The van der Waals surface area contributed by atoms with Crippen molar-refractivity contribution < 1.29 is 4.79 Å². The number of urea groups is 1. The van der Waals surface area contributed by atoms with Gasteiger partial charge in [0.25, 0.3) is 0 Å². The number of hydrogen-bond donors (Lipinski definition) is 2. The summed E-state index contributed by atoms with van der Waals surface area (Å²) in [6, 6.07) is 2.41. The summed E-state index contributed by atoms with van der Waals surface area (Å²) < 4.78 is 0. The summed E-state index contributed by atoms with van der Waals surface area (Å²) in [5.41, 5.74) is 2.61. The highest BCUT2D eigenvalue weighted by molar-refractivity contribution is 5.74. The van der Waals surface area contributed by atoms with E-state index in [1.165, 1.54) is 38.5 Å². The fraction of sp³-hybridized carbons (Fsp3) is 0.625. The number of carbonyl (C=O) groups is 1. The number of aryl methyl sites for hydroxylation is 1. The number of nitrogens with one attached hydrogen (secondary N) is 2. The van der Waals surface area contributed by atoms with E-state index < -0.39 is 0 Å². The normalized spacial score (nSPS) is 23.4. The molecule has 0 aromatic carbocycles. The van der Waals surface area contributed by atoms with Crippen molar-refractivity contribution in [2.45, 2.75) is 58.0 Å². The lowest BCUT2D eigenvalue weighted by atomic mass is 9.86. The number of amides is 2. The van der Waals surface area contributed by atoms with Crippen LogP contribution in [0.15, 0.2) is 18.5 Å². The molecule has 2 aliphatic rings. The third-order valence-corrected chi connectivity index (χ3v) is 4.73. The molecule has 1 aromatic rings. The summed E-state index contributed by atoms with van der Waals surface area (Å²) in [5, 5.41) is 6.06. The summed E-state index contributed by atoms with van der Waals surface area (Å²) in [5.74, 6) is 0. The largest absolute Gasteiger partial charge is 0.335 e. The zero-order chi connectivity index (χ0) is 14.0. The number of rotatable bonds is 3. The Morgan fingerprint density at radius 3 is 2.90 bits per heavy atom. The fourth-order valence-electron chi connectivity index (χ4n) is 3.47. The molecule has 0 aliphatic heterocycles. The van der Waals surface area contributed by atoms with E-state index in [9.17, 15) is 4.79 Å². The second-order valence-electron chi connectivity index (χ2n) is 6.38. The van der Waals surface area contributed by atoms with E-state index in [2.05, 4.69) is 15.6 Å². The topological polar surface area (TPSA) is 54.0 Å². The first kappa shape index (κ1) is 13.4. The highest BCUT2D eigenvalue weighted by Crippen LogP contribution is 2.56. The molecule has 4 nitrogen and oxygen atoms in total. The number of pyridine rings is 1. The van der Waals surface area contributed by atoms with Crippen molar-refractivity contribution >= 4 is 6.03 Å². The zero-order valence-electron chi connectivity index (χ0n) is 12.1. The van der Waals surface area contributed by atoms with E-state index in [0.717, 1.165) is 11.1 Å². The Balaban J connectivity index is 1.44. The van der Waals surface area contributed by atoms with Crippen LogP contribution in [0.1, 0.15) is 49.7 Å². The molecular weight excluding hydrogens is 250 g/mol. The van der Waals surface area contributed by atoms with Gasteiger partial charge in [-0.2, -0.15) is 0 Å². The van der Waals surface area contributed by atoms with Crippen LogP contribution in [0.4, 0.5) is 4.79 Å². The molecule has 20 heavy (non-hydrogen) atoms. The van der Waals surface area contributed by atoms with Crippen LogP contribution in [0.3, 0.4) is 0 Å². The average molecular weight is 273 g/mol. The zero-order valence-corrected chi connectivity index (χ0v) is 12.1. The minimum atomic E-state index is -0.0426. The Hall–Kier alpha value is -1.58. The molecule has 0 bridgehead atoms. The highest BCUT2D eigenvalue weighted by atomic mass is 16.2. The average Bonchev–Trinajstić information content (AvgIpc) is 3.09. The molecule has 108 valence electrons. The number of carbonyl (C=O) groups excluding carboxylic acids is 1. The van der Waals surface area contributed by atoms with Gasteiger partial charge in [0.05, 0.1) is 0 Å². The van der Waals surface area contributed by atoms with E-state index in [1.54, 1.807) is 6.20 Å². The first-order valence-electron chi connectivity index (χ1n) is 7.63. The summed E-state index contributed by atoms with van der Waals surface area (Å²) in [7, 11) is 0. The number of nitrogens with zero attached hydrogens (tertiary/aromatic N) is 1. The van der Waals surface area contributed by atoms with Crippen LogP contribution < -0.4 is 10.6 Å². The predicted molar refractivity (Wildman–Crippen MR) is 78.3 cm³/mol. The summed E-state index contributed by atoms with van der Waals surface area (Å²) in [4.78, 5) is 16.1. The maximum absolute atomic E-state index is 11.9. The van der Waals surface area contributed by atoms with Gasteiger partial charge in [-0.25, -0.2) is 4.79 Å². The van der Waals surface area contributed by atoms with Crippen molar-refractivity contribution in [3.05, 3.63) is 29.6 Å². The molecular formula is C16H23N3O. The molecule has 2 amide bonds. The SMILES string of the molecule is Cc1cncc(CNC(=O)N[C@H]2CC23CCCCC3)c1. The Bertz CT molecular complexity index is 494. The van der Waals surface area contributed by atoms with Crippen LogP contribution in [0, 0.1) is 12.3 Å².